The van der Waals surface area contributed by atoms with Crippen molar-refractivity contribution in [1.29, 1.82) is 0 Å². The van der Waals surface area contributed by atoms with Gasteiger partial charge in [0.25, 0.3) is 0 Å². The van der Waals surface area contributed by atoms with Crippen LogP contribution in [0.5, 0.6) is 0 Å². The van der Waals surface area contributed by atoms with Crippen LogP contribution in [0, 0.1) is 6.92 Å². The Morgan fingerprint density at radius 1 is 1.26 bits per heavy atom. The van der Waals surface area contributed by atoms with E-state index in [0.29, 0.717) is 12.1 Å². The van der Waals surface area contributed by atoms with E-state index in [9.17, 15) is 0 Å². The molecule has 1 aliphatic carbocycles. The summed E-state index contributed by atoms with van der Waals surface area (Å²) < 4.78 is 1.92. The van der Waals surface area contributed by atoms with Gasteiger partial charge in [0.1, 0.15) is 12.1 Å². The van der Waals surface area contributed by atoms with E-state index in [2.05, 4.69) is 41.1 Å². The third-order valence-corrected chi connectivity index (χ3v) is 4.16. The maximum atomic E-state index is 5.99. The molecule has 0 spiro atoms. The van der Waals surface area contributed by atoms with Crippen LogP contribution < -0.4 is 10.6 Å². The lowest BCUT2D eigenvalue weighted by Gasteiger charge is -2.34. The van der Waals surface area contributed by atoms with E-state index in [0.717, 1.165) is 37.1 Å². The number of anilines is 1. The van der Waals surface area contributed by atoms with Gasteiger partial charge in [-0.15, -0.1) is 0 Å². The summed E-state index contributed by atoms with van der Waals surface area (Å²) in [5.74, 6) is 1.12. The van der Waals surface area contributed by atoms with Crippen molar-refractivity contribution < 1.29 is 0 Å². The van der Waals surface area contributed by atoms with Gasteiger partial charge in [-0.1, -0.05) is 0 Å². The number of rotatable bonds is 2. The topological polar surface area (TPSA) is 59.5 Å². The van der Waals surface area contributed by atoms with Crippen LogP contribution in [-0.2, 0) is 0 Å². The lowest BCUT2D eigenvalue weighted by atomic mass is 9.91. The highest BCUT2D eigenvalue weighted by Crippen LogP contribution is 2.26. The molecule has 0 aromatic carbocycles. The van der Waals surface area contributed by atoms with E-state index >= 15 is 0 Å². The molecule has 5 nitrogen and oxygen atoms in total. The third kappa shape index (κ3) is 2.30. The highest BCUT2D eigenvalue weighted by molar-refractivity contribution is 5.53. The van der Waals surface area contributed by atoms with Crippen LogP contribution in [0.4, 0.5) is 5.82 Å². The van der Waals surface area contributed by atoms with Crippen LogP contribution in [0.3, 0.4) is 0 Å². The summed E-state index contributed by atoms with van der Waals surface area (Å²) in [7, 11) is 2.15. The first-order valence-electron chi connectivity index (χ1n) is 6.94. The van der Waals surface area contributed by atoms with Crippen molar-refractivity contribution in [2.75, 3.05) is 11.9 Å². The SMILES string of the molecule is Cc1cc(N(C)C2CCC(N)CC2)n2ncnc2c1. The fourth-order valence-corrected chi connectivity index (χ4v) is 2.96. The zero-order valence-electron chi connectivity index (χ0n) is 11.6. The highest BCUT2D eigenvalue weighted by Gasteiger charge is 2.23. The molecule has 5 heteroatoms. The highest BCUT2D eigenvalue weighted by atomic mass is 15.4. The van der Waals surface area contributed by atoms with Gasteiger partial charge in [0, 0.05) is 19.1 Å². The first kappa shape index (κ1) is 12.4. The first-order valence-corrected chi connectivity index (χ1v) is 6.94. The Labute approximate surface area is 113 Å². The van der Waals surface area contributed by atoms with Gasteiger partial charge in [-0.3, -0.25) is 0 Å². The molecule has 102 valence electrons. The summed E-state index contributed by atoms with van der Waals surface area (Å²) in [6.07, 6.45) is 6.15. The second-order valence-electron chi connectivity index (χ2n) is 5.60. The molecule has 0 bridgehead atoms. The van der Waals surface area contributed by atoms with Gasteiger partial charge in [-0.05, 0) is 50.3 Å². The molecule has 2 aromatic rings. The van der Waals surface area contributed by atoms with Crippen molar-refractivity contribution in [1.82, 2.24) is 14.6 Å². The van der Waals surface area contributed by atoms with Crippen molar-refractivity contribution in [3.8, 4) is 0 Å². The number of nitrogens with two attached hydrogens (primary N) is 1. The van der Waals surface area contributed by atoms with Crippen molar-refractivity contribution in [2.24, 2.45) is 5.73 Å². The van der Waals surface area contributed by atoms with Gasteiger partial charge >= 0.3 is 0 Å². The lowest BCUT2D eigenvalue weighted by molar-refractivity contribution is 0.383. The zero-order valence-corrected chi connectivity index (χ0v) is 11.6. The number of nitrogens with zero attached hydrogens (tertiary/aromatic N) is 4. The molecule has 0 unspecified atom stereocenters. The van der Waals surface area contributed by atoms with E-state index in [4.69, 9.17) is 5.73 Å². The Bertz CT molecular complexity index is 568. The molecule has 2 aromatic heterocycles. The van der Waals surface area contributed by atoms with Crippen LogP contribution in [0.25, 0.3) is 5.65 Å². The van der Waals surface area contributed by atoms with Gasteiger partial charge in [0.2, 0.25) is 0 Å². The molecule has 19 heavy (non-hydrogen) atoms. The molecule has 1 saturated carbocycles. The van der Waals surface area contributed by atoms with Crippen LogP contribution >= 0.6 is 0 Å². The molecule has 0 radical (unpaired) electrons. The van der Waals surface area contributed by atoms with Crippen molar-refractivity contribution >= 4 is 11.5 Å². The summed E-state index contributed by atoms with van der Waals surface area (Å²) in [5.41, 5.74) is 8.12. The van der Waals surface area contributed by atoms with Crippen molar-refractivity contribution in [2.45, 2.75) is 44.7 Å². The number of pyridine rings is 1. The van der Waals surface area contributed by atoms with Crippen LogP contribution in [0.2, 0.25) is 0 Å². The van der Waals surface area contributed by atoms with Crippen molar-refractivity contribution in [3.05, 3.63) is 24.0 Å². The number of hydrogen-bond acceptors (Lipinski definition) is 4. The average molecular weight is 259 g/mol. The van der Waals surface area contributed by atoms with E-state index in [1.165, 1.54) is 5.56 Å². The quantitative estimate of drug-likeness (QED) is 0.892. The van der Waals surface area contributed by atoms with E-state index in [1.54, 1.807) is 6.33 Å². The summed E-state index contributed by atoms with van der Waals surface area (Å²) in [6, 6.07) is 5.17. The summed E-state index contributed by atoms with van der Waals surface area (Å²) in [4.78, 5) is 6.62. The number of aromatic nitrogens is 3. The zero-order chi connectivity index (χ0) is 13.4. The fraction of sp³-hybridized carbons (Fsp3) is 0.571. The maximum absolute atomic E-state index is 5.99. The Balaban J connectivity index is 1.92. The summed E-state index contributed by atoms with van der Waals surface area (Å²) >= 11 is 0. The molecule has 1 aliphatic rings. The third-order valence-electron chi connectivity index (χ3n) is 4.16. The Kier molecular flexibility index (Phi) is 3.14. The molecule has 0 aliphatic heterocycles. The molecule has 2 heterocycles. The number of aryl methyl sites for hydroxylation is 1. The predicted molar refractivity (Wildman–Crippen MR) is 76.4 cm³/mol. The second-order valence-corrected chi connectivity index (χ2v) is 5.60. The van der Waals surface area contributed by atoms with E-state index in [1.807, 2.05) is 4.52 Å². The van der Waals surface area contributed by atoms with Gasteiger partial charge in [0.05, 0.1) is 0 Å². The van der Waals surface area contributed by atoms with Crippen molar-refractivity contribution in [3.63, 3.8) is 0 Å². The van der Waals surface area contributed by atoms with E-state index < -0.39 is 0 Å². The Morgan fingerprint density at radius 3 is 2.74 bits per heavy atom. The lowest BCUT2D eigenvalue weighted by Crippen LogP contribution is -2.39. The van der Waals surface area contributed by atoms with E-state index in [-0.39, 0.29) is 0 Å². The smallest absolute Gasteiger partial charge is 0.157 e. The number of fused-ring (bicyclic) bond motifs is 1. The molecule has 0 atom stereocenters. The predicted octanol–water partition coefficient (Wildman–Crippen LogP) is 1.74. The molecular formula is C14H21N5. The minimum Gasteiger partial charge on any atom is -0.357 e. The molecule has 2 N–H and O–H groups in total. The van der Waals surface area contributed by atoms with Gasteiger partial charge < -0.3 is 10.6 Å². The van der Waals surface area contributed by atoms with Crippen LogP contribution in [0.15, 0.2) is 18.5 Å². The van der Waals surface area contributed by atoms with Crippen LogP contribution in [0.1, 0.15) is 31.2 Å². The first-order chi connectivity index (χ1) is 9.15. The Morgan fingerprint density at radius 2 is 2.00 bits per heavy atom. The maximum Gasteiger partial charge on any atom is 0.157 e. The largest absolute Gasteiger partial charge is 0.357 e. The standard InChI is InChI=1S/C14H21N5/c1-10-7-13-16-9-17-19(13)14(8-10)18(2)12-5-3-11(15)4-6-12/h7-9,11-12H,3-6,15H2,1-2H3. The molecule has 0 saturated heterocycles. The fourth-order valence-electron chi connectivity index (χ4n) is 2.96. The second kappa shape index (κ2) is 4.81. The molecule has 1 fully saturated rings. The number of hydrogen-bond donors (Lipinski definition) is 1. The van der Waals surface area contributed by atoms with Gasteiger partial charge in [0.15, 0.2) is 5.65 Å². The minimum absolute atomic E-state index is 0.383. The van der Waals surface area contributed by atoms with Gasteiger partial charge in [-0.25, -0.2) is 4.98 Å². The molecule has 0 amide bonds. The monoisotopic (exact) mass is 259 g/mol. The molecular weight excluding hydrogens is 238 g/mol. The normalized spacial score (nSPS) is 23.7. The average Bonchev–Trinajstić information content (AvgIpc) is 2.85. The minimum atomic E-state index is 0.383. The summed E-state index contributed by atoms with van der Waals surface area (Å²) in [6.45, 7) is 2.10. The Hall–Kier alpha value is -1.62. The summed E-state index contributed by atoms with van der Waals surface area (Å²) in [5, 5.41) is 4.33. The van der Waals surface area contributed by atoms with Gasteiger partial charge in [-0.2, -0.15) is 9.61 Å². The molecule has 3 rings (SSSR count). The van der Waals surface area contributed by atoms with Crippen LogP contribution in [-0.4, -0.2) is 33.7 Å².